The Morgan fingerprint density at radius 2 is 1.50 bits per heavy atom. The Bertz CT molecular complexity index is 122. The summed E-state index contributed by atoms with van der Waals surface area (Å²) >= 11 is 0. The summed E-state index contributed by atoms with van der Waals surface area (Å²) in [7, 11) is 0. The van der Waals surface area contributed by atoms with E-state index in [2.05, 4.69) is 24.8 Å². The normalized spacial score (nSPS) is 13.4. The molecule has 0 atom stereocenters. The van der Waals surface area contributed by atoms with Gasteiger partial charge in [-0.25, -0.2) is 0 Å². The van der Waals surface area contributed by atoms with Gasteiger partial charge in [-0.2, -0.15) is 0 Å². The van der Waals surface area contributed by atoms with Gasteiger partial charge >= 0.3 is 0 Å². The fraction of sp³-hybridized carbons (Fsp3) is 0.857. The monoisotopic (exact) mass is 226 g/mol. The molecule has 16 heavy (non-hydrogen) atoms. The van der Waals surface area contributed by atoms with Gasteiger partial charge in [-0.05, 0) is 19.9 Å². The van der Waals surface area contributed by atoms with E-state index in [0.29, 0.717) is 0 Å². The lowest BCUT2D eigenvalue weighted by atomic mass is 10.1. The van der Waals surface area contributed by atoms with E-state index in [4.69, 9.17) is 0 Å². The Hall–Kier alpha value is -0.235. The van der Waals surface area contributed by atoms with Crippen molar-refractivity contribution in [2.24, 2.45) is 0 Å². The van der Waals surface area contributed by atoms with Gasteiger partial charge in [0, 0.05) is 21.5 Å². The number of nitrogens with zero attached hydrogens (tertiary/aromatic N) is 1. The lowest BCUT2D eigenvalue weighted by Gasteiger charge is -2.22. The van der Waals surface area contributed by atoms with Crippen LogP contribution in [0.15, 0.2) is 11.6 Å². The zero-order valence-electron chi connectivity index (χ0n) is 12.9. The summed E-state index contributed by atoms with van der Waals surface area (Å²) in [5, 5.41) is 0. The fourth-order valence-corrected chi connectivity index (χ4v) is 1.10. The van der Waals surface area contributed by atoms with Gasteiger partial charge in [0.2, 0.25) is 0 Å². The highest BCUT2D eigenvalue weighted by Gasteiger charge is 2.04. The van der Waals surface area contributed by atoms with Crippen LogP contribution in [0.1, 0.15) is 61.8 Å². The van der Waals surface area contributed by atoms with E-state index in [1.165, 1.54) is 26.1 Å². The molecule has 1 rings (SSSR count). The number of rotatable bonds is 1. The summed E-state index contributed by atoms with van der Waals surface area (Å²) in [4.78, 5) is 2.45. The van der Waals surface area contributed by atoms with Crippen LogP contribution in [0, 0.1) is 0 Å². The second kappa shape index (κ2) is 24.1. The Balaban J connectivity index is -0.0000000900. The lowest BCUT2D eigenvalue weighted by Crippen LogP contribution is -2.27. The van der Waals surface area contributed by atoms with Crippen LogP contribution in [-0.2, 0) is 0 Å². The maximum atomic E-state index is 2.45. The summed E-state index contributed by atoms with van der Waals surface area (Å²) in [6.45, 7) is 20.1. The van der Waals surface area contributed by atoms with Crippen LogP contribution >= 0.6 is 0 Å². The summed E-state index contributed by atoms with van der Waals surface area (Å²) in [5.41, 5.74) is 1.56. The van der Waals surface area contributed by atoms with Crippen molar-refractivity contribution < 1.29 is 0 Å². The Kier molecular flexibility index (Phi) is 37.5. The van der Waals surface area contributed by atoms with Gasteiger partial charge in [-0.15, -0.1) is 0 Å². The molecule has 1 aliphatic heterocycles. The summed E-state index contributed by atoms with van der Waals surface area (Å²) in [6, 6.07) is 0. The largest absolute Gasteiger partial charge is 0.300 e. The number of likely N-dealkylation sites (N-methyl/N-ethyl adjacent to an activating group) is 1. The Labute approximate surface area is 107 Å². The van der Waals surface area contributed by atoms with E-state index in [9.17, 15) is 0 Å². The molecule has 0 spiro atoms. The highest BCUT2D eigenvalue weighted by molar-refractivity contribution is 5.75. The van der Waals surface area contributed by atoms with Crippen molar-refractivity contribution in [1.82, 2.24) is 4.90 Å². The molecule has 0 aromatic carbocycles. The molecule has 1 aliphatic rings. The van der Waals surface area contributed by atoms with Crippen molar-refractivity contribution in [1.29, 1.82) is 0 Å². The van der Waals surface area contributed by atoms with E-state index in [-0.39, 0.29) is 8.41 Å². The number of hydrogen-bond acceptors (Lipinski definition) is 1. The molecule has 1 nitrogen and oxygen atoms in total. The highest BCUT2D eigenvalue weighted by atomic mass is 15.1. The molecule has 0 aliphatic carbocycles. The molecule has 0 N–H and O–H groups in total. The molecule has 3 radical (unpaired) electrons. The minimum absolute atomic E-state index is 0. The van der Waals surface area contributed by atoms with Gasteiger partial charge in [0.05, 0.1) is 0 Å². The maximum Gasteiger partial charge on any atom is 0.0165 e. The van der Waals surface area contributed by atoms with Crippen molar-refractivity contribution in [3.8, 4) is 0 Å². The first-order valence-corrected chi connectivity index (χ1v) is 6.71. The molecule has 0 unspecified atom stereocenters. The quantitative estimate of drug-likeness (QED) is 0.474. The zero-order valence-corrected chi connectivity index (χ0v) is 12.9. The van der Waals surface area contributed by atoms with Gasteiger partial charge < -0.3 is 0 Å². The first kappa shape index (κ1) is 24.8. The first-order valence-electron chi connectivity index (χ1n) is 6.71. The Morgan fingerprint density at radius 1 is 1.06 bits per heavy atom. The van der Waals surface area contributed by atoms with Crippen LogP contribution in [0.2, 0.25) is 0 Å². The maximum absolute atomic E-state index is 2.45. The van der Waals surface area contributed by atoms with E-state index in [1.807, 2.05) is 41.5 Å². The molecule has 97 valence electrons. The van der Waals surface area contributed by atoms with E-state index in [0.717, 1.165) is 0 Å². The first-order chi connectivity index (χ1) is 7.33. The smallest absolute Gasteiger partial charge is 0.0165 e. The molecule has 0 aromatic heterocycles. The number of hydrogen-bond donors (Lipinski definition) is 0. The van der Waals surface area contributed by atoms with Gasteiger partial charge in [-0.3, -0.25) is 4.90 Å². The molecule has 2 heteroatoms. The molecular formula is C14H33BN. The third-order valence-corrected chi connectivity index (χ3v) is 1.97. The van der Waals surface area contributed by atoms with Crippen molar-refractivity contribution in [3.63, 3.8) is 0 Å². The second-order valence-electron chi connectivity index (χ2n) is 2.69. The van der Waals surface area contributed by atoms with Gasteiger partial charge in [0.1, 0.15) is 0 Å². The Morgan fingerprint density at radius 3 is 1.75 bits per heavy atom. The summed E-state index contributed by atoms with van der Waals surface area (Å²) in [5.74, 6) is 0. The average Bonchev–Trinajstić information content (AvgIpc) is 2.38. The summed E-state index contributed by atoms with van der Waals surface area (Å²) in [6.07, 6.45) is 3.60. The average molecular weight is 226 g/mol. The van der Waals surface area contributed by atoms with Crippen LogP contribution in [0.4, 0.5) is 0 Å². The molecular weight excluding hydrogens is 193 g/mol. The van der Waals surface area contributed by atoms with Crippen LogP contribution in [0.3, 0.4) is 0 Å². The fourth-order valence-electron chi connectivity index (χ4n) is 1.10. The molecule has 1 heterocycles. The minimum Gasteiger partial charge on any atom is -0.300 e. The van der Waals surface area contributed by atoms with E-state index < -0.39 is 0 Å². The third-order valence-electron chi connectivity index (χ3n) is 1.97. The molecule has 0 saturated heterocycles. The van der Waals surface area contributed by atoms with Gasteiger partial charge in [0.25, 0.3) is 0 Å². The standard InChI is InChI=1S/C8H15N.3C2H6.B/c1-3-9-6-4-8(2)5-7-9;3*1-2;/h4H,3,5-7H2,1-2H3;3*1-2H3;. The van der Waals surface area contributed by atoms with Crippen LogP contribution in [-0.4, -0.2) is 32.9 Å². The minimum atomic E-state index is 0. The molecule has 0 aromatic rings. The van der Waals surface area contributed by atoms with Crippen molar-refractivity contribution in [2.45, 2.75) is 61.8 Å². The van der Waals surface area contributed by atoms with Gasteiger partial charge in [0.15, 0.2) is 0 Å². The van der Waals surface area contributed by atoms with Crippen LogP contribution in [0.5, 0.6) is 0 Å². The molecule has 0 fully saturated rings. The van der Waals surface area contributed by atoms with Crippen LogP contribution < -0.4 is 0 Å². The van der Waals surface area contributed by atoms with Crippen molar-refractivity contribution >= 4 is 8.41 Å². The SMILES string of the molecule is CC.CC.CC.CCN1CC=C(C)CC1.[B]. The lowest BCUT2D eigenvalue weighted by molar-refractivity contribution is 0.310. The van der Waals surface area contributed by atoms with Gasteiger partial charge in [-0.1, -0.05) is 60.1 Å². The van der Waals surface area contributed by atoms with Crippen molar-refractivity contribution in [2.75, 3.05) is 19.6 Å². The third kappa shape index (κ3) is 16.2. The van der Waals surface area contributed by atoms with Crippen molar-refractivity contribution in [3.05, 3.63) is 11.6 Å². The van der Waals surface area contributed by atoms with E-state index >= 15 is 0 Å². The predicted octanol–water partition coefficient (Wildman–Crippen LogP) is 4.36. The second-order valence-corrected chi connectivity index (χ2v) is 2.69. The van der Waals surface area contributed by atoms with E-state index in [1.54, 1.807) is 5.57 Å². The van der Waals surface area contributed by atoms with Crippen LogP contribution in [0.25, 0.3) is 0 Å². The summed E-state index contributed by atoms with van der Waals surface area (Å²) < 4.78 is 0. The molecule has 0 amide bonds. The highest BCUT2D eigenvalue weighted by Crippen LogP contribution is 2.07. The topological polar surface area (TPSA) is 3.24 Å². The molecule has 0 bridgehead atoms. The predicted molar refractivity (Wildman–Crippen MR) is 80.3 cm³/mol. The molecule has 0 saturated carbocycles. The zero-order chi connectivity index (χ0) is 12.7.